The van der Waals surface area contributed by atoms with Crippen LogP contribution in [0.25, 0.3) is 11.0 Å². The standard InChI is InChI=1S/C19H26N4O3/c1-3-23-13-16(17(24)15-6-5-14(2)21-18(15)23)19(25)20-7-4-8-22-9-11-26-12-10-22/h5-6,13H,3-4,7-12H2,1-2H3,(H,20,25)/p+1. The lowest BCUT2D eigenvalue weighted by molar-refractivity contribution is -0.908. The van der Waals surface area contributed by atoms with Gasteiger partial charge in [-0.1, -0.05) is 0 Å². The van der Waals surface area contributed by atoms with Gasteiger partial charge in [0.1, 0.15) is 24.3 Å². The van der Waals surface area contributed by atoms with Crippen LogP contribution in [-0.2, 0) is 11.3 Å². The third kappa shape index (κ3) is 4.11. The molecule has 7 heteroatoms. The van der Waals surface area contributed by atoms with Crippen molar-refractivity contribution in [3.05, 3.63) is 39.8 Å². The SMILES string of the molecule is CCn1cc(C(=O)NCCC[NH+]2CCOCC2)c(=O)c2ccc(C)nc21. The van der Waals surface area contributed by atoms with Gasteiger partial charge in [-0.15, -0.1) is 0 Å². The van der Waals surface area contributed by atoms with Crippen LogP contribution in [0, 0.1) is 6.92 Å². The Balaban J connectivity index is 1.68. The van der Waals surface area contributed by atoms with Crippen LogP contribution in [-0.4, -0.2) is 54.9 Å². The Morgan fingerprint density at radius 3 is 2.85 bits per heavy atom. The van der Waals surface area contributed by atoms with Gasteiger partial charge in [0.05, 0.1) is 25.1 Å². The number of nitrogens with one attached hydrogen (secondary N) is 2. The van der Waals surface area contributed by atoms with E-state index in [4.69, 9.17) is 4.74 Å². The van der Waals surface area contributed by atoms with E-state index in [1.54, 1.807) is 18.3 Å². The fourth-order valence-electron chi connectivity index (χ4n) is 3.31. The molecule has 3 heterocycles. The summed E-state index contributed by atoms with van der Waals surface area (Å²) in [5, 5.41) is 3.38. The van der Waals surface area contributed by atoms with Gasteiger partial charge in [0.25, 0.3) is 5.91 Å². The predicted octanol–water partition coefficient (Wildman–Crippen LogP) is -0.240. The average Bonchev–Trinajstić information content (AvgIpc) is 2.66. The van der Waals surface area contributed by atoms with Crippen molar-refractivity contribution in [1.82, 2.24) is 14.9 Å². The van der Waals surface area contributed by atoms with Crippen LogP contribution in [0.3, 0.4) is 0 Å². The van der Waals surface area contributed by atoms with Crippen LogP contribution in [0.4, 0.5) is 0 Å². The topological polar surface area (TPSA) is 77.7 Å². The summed E-state index contributed by atoms with van der Waals surface area (Å²) in [6, 6.07) is 3.56. The molecule has 0 atom stereocenters. The van der Waals surface area contributed by atoms with Gasteiger partial charge in [-0.05, 0) is 26.0 Å². The number of quaternary nitrogens is 1. The number of carbonyl (C=O) groups excluding carboxylic acids is 1. The number of fused-ring (bicyclic) bond motifs is 1. The van der Waals surface area contributed by atoms with Crippen LogP contribution < -0.4 is 15.6 Å². The Hall–Kier alpha value is -2.25. The summed E-state index contributed by atoms with van der Waals surface area (Å²) in [5.41, 5.74) is 1.41. The van der Waals surface area contributed by atoms with Crippen molar-refractivity contribution in [3.63, 3.8) is 0 Å². The number of aryl methyl sites for hydroxylation is 2. The molecule has 1 aliphatic rings. The summed E-state index contributed by atoms with van der Waals surface area (Å²) in [5.74, 6) is -0.309. The molecule has 1 saturated heterocycles. The molecule has 0 saturated carbocycles. The van der Waals surface area contributed by atoms with Gasteiger partial charge < -0.3 is 19.5 Å². The first-order valence-corrected chi connectivity index (χ1v) is 9.30. The lowest BCUT2D eigenvalue weighted by Gasteiger charge is -2.23. The maximum Gasteiger partial charge on any atom is 0.256 e. The van der Waals surface area contributed by atoms with Crippen molar-refractivity contribution >= 4 is 16.9 Å². The summed E-state index contributed by atoms with van der Waals surface area (Å²) in [6.07, 6.45) is 2.51. The van der Waals surface area contributed by atoms with Crippen LogP contribution in [0.5, 0.6) is 0 Å². The second kappa shape index (κ2) is 8.42. The fourth-order valence-corrected chi connectivity index (χ4v) is 3.31. The maximum absolute atomic E-state index is 12.7. The number of carbonyl (C=O) groups is 1. The van der Waals surface area contributed by atoms with Gasteiger partial charge in [0.15, 0.2) is 0 Å². The van der Waals surface area contributed by atoms with E-state index >= 15 is 0 Å². The van der Waals surface area contributed by atoms with E-state index in [1.807, 2.05) is 18.4 Å². The van der Waals surface area contributed by atoms with Crippen molar-refractivity contribution in [1.29, 1.82) is 0 Å². The van der Waals surface area contributed by atoms with Crippen LogP contribution >= 0.6 is 0 Å². The number of hydrogen-bond acceptors (Lipinski definition) is 4. The van der Waals surface area contributed by atoms with Gasteiger partial charge in [0, 0.05) is 31.4 Å². The van der Waals surface area contributed by atoms with Crippen molar-refractivity contribution < 1.29 is 14.4 Å². The quantitative estimate of drug-likeness (QED) is 0.698. The summed E-state index contributed by atoms with van der Waals surface area (Å²) in [4.78, 5) is 31.2. The first-order chi connectivity index (χ1) is 12.6. The van der Waals surface area contributed by atoms with Crippen molar-refractivity contribution in [2.45, 2.75) is 26.8 Å². The zero-order chi connectivity index (χ0) is 18.5. The molecule has 0 aromatic carbocycles. The van der Waals surface area contributed by atoms with Gasteiger partial charge >= 0.3 is 0 Å². The Bertz CT molecular complexity index is 841. The van der Waals surface area contributed by atoms with Crippen LogP contribution in [0.1, 0.15) is 29.4 Å². The average molecular weight is 359 g/mol. The third-order valence-electron chi connectivity index (χ3n) is 4.84. The summed E-state index contributed by atoms with van der Waals surface area (Å²) >= 11 is 0. The van der Waals surface area contributed by atoms with E-state index in [2.05, 4.69) is 10.3 Å². The van der Waals surface area contributed by atoms with Gasteiger partial charge in [-0.2, -0.15) is 0 Å². The molecule has 0 unspecified atom stereocenters. The molecule has 0 aliphatic carbocycles. The normalized spacial score (nSPS) is 15.3. The number of hydrogen-bond donors (Lipinski definition) is 2. The van der Waals surface area contributed by atoms with Crippen LogP contribution in [0.2, 0.25) is 0 Å². The molecule has 2 aromatic rings. The molecule has 1 fully saturated rings. The summed E-state index contributed by atoms with van der Waals surface area (Å²) in [7, 11) is 0. The highest BCUT2D eigenvalue weighted by Crippen LogP contribution is 2.11. The smallest absolute Gasteiger partial charge is 0.256 e. The Labute approximate surface area is 153 Å². The molecule has 0 bridgehead atoms. The minimum Gasteiger partial charge on any atom is -0.370 e. The Morgan fingerprint density at radius 2 is 2.12 bits per heavy atom. The number of aromatic nitrogens is 2. The maximum atomic E-state index is 12.7. The number of rotatable bonds is 6. The third-order valence-corrected chi connectivity index (χ3v) is 4.84. The Morgan fingerprint density at radius 1 is 1.35 bits per heavy atom. The summed E-state index contributed by atoms with van der Waals surface area (Å²) < 4.78 is 7.20. The van der Waals surface area contributed by atoms with Crippen molar-refractivity contribution in [2.75, 3.05) is 39.4 Å². The van der Waals surface area contributed by atoms with Gasteiger partial charge in [0.2, 0.25) is 5.43 Å². The predicted molar refractivity (Wildman–Crippen MR) is 99.7 cm³/mol. The molecule has 26 heavy (non-hydrogen) atoms. The first kappa shape index (κ1) is 18.5. The first-order valence-electron chi connectivity index (χ1n) is 9.30. The van der Waals surface area contributed by atoms with Crippen molar-refractivity contribution in [2.24, 2.45) is 0 Å². The highest BCUT2D eigenvalue weighted by atomic mass is 16.5. The van der Waals surface area contributed by atoms with Crippen LogP contribution in [0.15, 0.2) is 23.1 Å². The molecule has 2 N–H and O–H groups in total. The van der Waals surface area contributed by atoms with Gasteiger partial charge in [-0.3, -0.25) is 9.59 Å². The molecule has 3 rings (SSSR count). The monoisotopic (exact) mass is 359 g/mol. The van der Waals surface area contributed by atoms with E-state index in [0.717, 1.165) is 45.0 Å². The lowest BCUT2D eigenvalue weighted by atomic mass is 10.1. The highest BCUT2D eigenvalue weighted by molar-refractivity contribution is 5.96. The fraction of sp³-hybridized carbons (Fsp3) is 0.526. The lowest BCUT2D eigenvalue weighted by Crippen LogP contribution is -3.14. The summed E-state index contributed by atoms with van der Waals surface area (Å²) in [6.45, 7) is 9.74. The molecule has 7 nitrogen and oxygen atoms in total. The zero-order valence-electron chi connectivity index (χ0n) is 15.5. The van der Waals surface area contributed by atoms with Crippen molar-refractivity contribution in [3.8, 4) is 0 Å². The van der Waals surface area contributed by atoms with E-state index in [0.29, 0.717) is 24.1 Å². The zero-order valence-corrected chi connectivity index (χ0v) is 15.5. The molecule has 0 spiro atoms. The molecular formula is C19H27N4O3+. The highest BCUT2D eigenvalue weighted by Gasteiger charge is 2.17. The number of morpholine rings is 1. The molecular weight excluding hydrogens is 332 g/mol. The number of pyridine rings is 2. The van der Waals surface area contributed by atoms with E-state index in [-0.39, 0.29) is 16.9 Å². The number of ether oxygens (including phenoxy) is 1. The van der Waals surface area contributed by atoms with Gasteiger partial charge in [-0.25, -0.2) is 4.98 Å². The largest absolute Gasteiger partial charge is 0.370 e. The minimum atomic E-state index is -0.309. The van der Waals surface area contributed by atoms with E-state index < -0.39 is 0 Å². The second-order valence-electron chi connectivity index (χ2n) is 6.70. The van der Waals surface area contributed by atoms with E-state index in [9.17, 15) is 9.59 Å². The molecule has 1 amide bonds. The van der Waals surface area contributed by atoms with E-state index in [1.165, 1.54) is 4.90 Å². The molecule has 0 radical (unpaired) electrons. The second-order valence-corrected chi connectivity index (χ2v) is 6.70. The molecule has 140 valence electrons. The number of nitrogens with zero attached hydrogens (tertiary/aromatic N) is 2. The minimum absolute atomic E-state index is 0.184. The molecule has 2 aromatic heterocycles. The number of amides is 1. The Kier molecular flexibility index (Phi) is 6.00. The molecule has 1 aliphatic heterocycles.